The van der Waals surface area contributed by atoms with Gasteiger partial charge < -0.3 is 10.4 Å². The van der Waals surface area contributed by atoms with E-state index in [9.17, 15) is 0 Å². The third-order valence-corrected chi connectivity index (χ3v) is 3.14. The quantitative estimate of drug-likeness (QED) is 0.784. The van der Waals surface area contributed by atoms with Gasteiger partial charge in [0.25, 0.3) is 0 Å². The molecule has 1 atom stereocenters. The Hall–Kier alpha value is -0.860. The van der Waals surface area contributed by atoms with Crippen molar-refractivity contribution in [2.75, 3.05) is 19.7 Å². The van der Waals surface area contributed by atoms with E-state index in [0.29, 0.717) is 5.92 Å². The van der Waals surface area contributed by atoms with Gasteiger partial charge in [-0.05, 0) is 42.9 Å². The van der Waals surface area contributed by atoms with Gasteiger partial charge >= 0.3 is 0 Å². The van der Waals surface area contributed by atoms with E-state index in [1.165, 1.54) is 17.5 Å². The van der Waals surface area contributed by atoms with Gasteiger partial charge in [-0.25, -0.2) is 0 Å². The Bertz CT molecular complexity index is 288. The lowest BCUT2D eigenvalue weighted by atomic mass is 9.96. The molecule has 1 heterocycles. The van der Waals surface area contributed by atoms with Crippen molar-refractivity contribution in [3.8, 4) is 0 Å². The molecule has 1 aliphatic rings. The van der Waals surface area contributed by atoms with E-state index in [1.54, 1.807) is 0 Å². The van der Waals surface area contributed by atoms with Gasteiger partial charge in [-0.2, -0.15) is 0 Å². The largest absolute Gasteiger partial charge is 0.396 e. The summed E-state index contributed by atoms with van der Waals surface area (Å²) in [6, 6.07) is 8.88. The highest BCUT2D eigenvalue weighted by Gasteiger charge is 2.15. The fourth-order valence-corrected chi connectivity index (χ4v) is 2.18. The number of benzene rings is 1. The average molecular weight is 205 g/mol. The van der Waals surface area contributed by atoms with Gasteiger partial charge in [-0.15, -0.1) is 0 Å². The second-order valence-corrected chi connectivity index (χ2v) is 4.26. The molecule has 2 heteroatoms. The van der Waals surface area contributed by atoms with Crippen LogP contribution < -0.4 is 5.32 Å². The number of rotatable bonds is 4. The van der Waals surface area contributed by atoms with Crippen molar-refractivity contribution in [1.82, 2.24) is 5.32 Å². The van der Waals surface area contributed by atoms with Gasteiger partial charge in [0, 0.05) is 13.2 Å². The molecule has 1 saturated heterocycles. The summed E-state index contributed by atoms with van der Waals surface area (Å²) in [5.41, 5.74) is 2.78. The van der Waals surface area contributed by atoms with Crippen LogP contribution in [0.3, 0.4) is 0 Å². The van der Waals surface area contributed by atoms with Gasteiger partial charge in [-0.3, -0.25) is 0 Å². The van der Waals surface area contributed by atoms with Gasteiger partial charge in [-0.1, -0.05) is 24.3 Å². The summed E-state index contributed by atoms with van der Waals surface area (Å²) in [5.74, 6) is 0.705. The molecule has 1 unspecified atom stereocenters. The third-order valence-electron chi connectivity index (χ3n) is 3.14. The molecular weight excluding hydrogens is 186 g/mol. The number of hydrogen-bond acceptors (Lipinski definition) is 2. The predicted octanol–water partition coefficient (Wildman–Crippen LogP) is 1.69. The Morgan fingerprint density at radius 1 is 1.27 bits per heavy atom. The highest BCUT2D eigenvalue weighted by molar-refractivity contribution is 5.26. The summed E-state index contributed by atoms with van der Waals surface area (Å²) in [6.45, 7) is 2.56. The molecule has 82 valence electrons. The van der Waals surface area contributed by atoms with Crippen LogP contribution in [0.5, 0.6) is 0 Å². The van der Waals surface area contributed by atoms with Crippen LogP contribution in [-0.4, -0.2) is 24.8 Å². The van der Waals surface area contributed by atoms with Crippen molar-refractivity contribution in [3.05, 3.63) is 35.4 Å². The van der Waals surface area contributed by atoms with Crippen molar-refractivity contribution >= 4 is 0 Å². The van der Waals surface area contributed by atoms with Crippen molar-refractivity contribution in [3.63, 3.8) is 0 Å². The van der Waals surface area contributed by atoms with E-state index in [4.69, 9.17) is 5.11 Å². The van der Waals surface area contributed by atoms with Crippen LogP contribution in [0.1, 0.15) is 29.9 Å². The summed E-state index contributed by atoms with van der Waals surface area (Å²) in [6.07, 6.45) is 3.11. The second kappa shape index (κ2) is 5.29. The SMILES string of the molecule is OCCCc1ccc(C2CCNC2)cc1. The zero-order valence-corrected chi connectivity index (χ0v) is 9.08. The number of hydrogen-bond donors (Lipinski definition) is 2. The molecule has 2 N–H and O–H groups in total. The first-order chi connectivity index (χ1) is 7.40. The normalized spacial score (nSPS) is 20.7. The van der Waals surface area contributed by atoms with Crippen LogP contribution in [0, 0.1) is 0 Å². The molecule has 1 aromatic carbocycles. The van der Waals surface area contributed by atoms with E-state index in [-0.39, 0.29) is 6.61 Å². The van der Waals surface area contributed by atoms with Gasteiger partial charge in [0.1, 0.15) is 0 Å². The summed E-state index contributed by atoms with van der Waals surface area (Å²) in [4.78, 5) is 0. The van der Waals surface area contributed by atoms with Crippen LogP contribution in [0.2, 0.25) is 0 Å². The molecule has 0 spiro atoms. The van der Waals surface area contributed by atoms with E-state index in [1.807, 2.05) is 0 Å². The summed E-state index contributed by atoms with van der Waals surface area (Å²) in [7, 11) is 0. The monoisotopic (exact) mass is 205 g/mol. The van der Waals surface area contributed by atoms with Crippen molar-refractivity contribution in [2.45, 2.75) is 25.2 Å². The molecule has 0 amide bonds. The highest BCUT2D eigenvalue weighted by Crippen LogP contribution is 2.22. The van der Waals surface area contributed by atoms with Crippen LogP contribution >= 0.6 is 0 Å². The molecule has 1 aromatic rings. The van der Waals surface area contributed by atoms with E-state index >= 15 is 0 Å². The first-order valence-electron chi connectivity index (χ1n) is 5.80. The Labute approximate surface area is 91.3 Å². The highest BCUT2D eigenvalue weighted by atomic mass is 16.2. The second-order valence-electron chi connectivity index (χ2n) is 4.26. The molecule has 1 fully saturated rings. The summed E-state index contributed by atoms with van der Waals surface area (Å²) >= 11 is 0. The number of aryl methyl sites for hydroxylation is 1. The van der Waals surface area contributed by atoms with Gasteiger partial charge in [0.05, 0.1) is 0 Å². The van der Waals surface area contributed by atoms with Gasteiger partial charge in [0.15, 0.2) is 0 Å². The Balaban J connectivity index is 1.96. The number of aliphatic hydroxyl groups is 1. The maximum atomic E-state index is 8.75. The minimum Gasteiger partial charge on any atom is -0.396 e. The molecule has 0 bridgehead atoms. The third kappa shape index (κ3) is 2.80. The van der Waals surface area contributed by atoms with E-state index < -0.39 is 0 Å². The smallest absolute Gasteiger partial charge is 0.0434 e. The lowest BCUT2D eigenvalue weighted by molar-refractivity contribution is 0.288. The fraction of sp³-hybridized carbons (Fsp3) is 0.538. The molecule has 0 aromatic heterocycles. The molecule has 2 nitrogen and oxygen atoms in total. The van der Waals surface area contributed by atoms with E-state index in [0.717, 1.165) is 25.9 Å². The maximum absolute atomic E-state index is 8.75. The van der Waals surface area contributed by atoms with Crippen LogP contribution in [0.25, 0.3) is 0 Å². The van der Waals surface area contributed by atoms with Crippen LogP contribution in [0.4, 0.5) is 0 Å². The van der Waals surface area contributed by atoms with E-state index in [2.05, 4.69) is 29.6 Å². The van der Waals surface area contributed by atoms with Crippen molar-refractivity contribution < 1.29 is 5.11 Å². The first-order valence-corrected chi connectivity index (χ1v) is 5.80. The first kappa shape index (κ1) is 10.7. The van der Waals surface area contributed by atoms with Crippen LogP contribution in [0.15, 0.2) is 24.3 Å². The Morgan fingerprint density at radius 3 is 2.67 bits per heavy atom. The summed E-state index contributed by atoms with van der Waals surface area (Å²) in [5, 5.41) is 12.1. The van der Waals surface area contributed by atoms with Gasteiger partial charge in [0.2, 0.25) is 0 Å². The molecule has 0 radical (unpaired) electrons. The molecule has 15 heavy (non-hydrogen) atoms. The number of nitrogens with one attached hydrogen (secondary N) is 1. The van der Waals surface area contributed by atoms with Crippen molar-refractivity contribution in [2.24, 2.45) is 0 Å². The Morgan fingerprint density at radius 2 is 2.07 bits per heavy atom. The predicted molar refractivity (Wildman–Crippen MR) is 62.1 cm³/mol. The minimum atomic E-state index is 0.286. The summed E-state index contributed by atoms with van der Waals surface area (Å²) < 4.78 is 0. The average Bonchev–Trinajstić information content (AvgIpc) is 2.80. The zero-order chi connectivity index (χ0) is 10.5. The zero-order valence-electron chi connectivity index (χ0n) is 9.08. The maximum Gasteiger partial charge on any atom is 0.0434 e. The number of aliphatic hydroxyl groups excluding tert-OH is 1. The lowest BCUT2D eigenvalue weighted by Gasteiger charge is -2.09. The van der Waals surface area contributed by atoms with Crippen LogP contribution in [-0.2, 0) is 6.42 Å². The lowest BCUT2D eigenvalue weighted by Crippen LogP contribution is -2.07. The van der Waals surface area contributed by atoms with Crippen molar-refractivity contribution in [1.29, 1.82) is 0 Å². The standard InChI is InChI=1S/C13H19NO/c15-9-1-2-11-3-5-12(6-4-11)13-7-8-14-10-13/h3-6,13-15H,1-2,7-10H2. The molecular formula is C13H19NO. The Kier molecular flexibility index (Phi) is 3.75. The molecule has 1 aliphatic heterocycles. The molecule has 2 rings (SSSR count). The molecule has 0 saturated carbocycles. The molecule has 0 aliphatic carbocycles. The minimum absolute atomic E-state index is 0.286. The fourth-order valence-electron chi connectivity index (χ4n) is 2.18. The topological polar surface area (TPSA) is 32.3 Å².